The average molecular weight is 281 g/mol. The highest BCUT2D eigenvalue weighted by Crippen LogP contribution is 2.23. The molecule has 0 aliphatic heterocycles. The Bertz CT molecular complexity index is 516. The number of carbonyl (C=O) groups is 1. The normalized spacial score (nSPS) is 10.2. The van der Waals surface area contributed by atoms with Crippen molar-refractivity contribution in [2.75, 3.05) is 16.8 Å². The maximum absolute atomic E-state index is 11.6. The molecule has 0 aromatic carbocycles. The Morgan fingerprint density at radius 2 is 2.33 bits per heavy atom. The van der Waals surface area contributed by atoms with Crippen LogP contribution in [-0.2, 0) is 4.79 Å². The zero-order chi connectivity index (χ0) is 12.8. The van der Waals surface area contributed by atoms with Gasteiger partial charge in [0.1, 0.15) is 5.82 Å². The summed E-state index contributed by atoms with van der Waals surface area (Å²) in [5.41, 5.74) is 5.46. The van der Waals surface area contributed by atoms with Crippen molar-refractivity contribution in [2.24, 2.45) is 0 Å². The van der Waals surface area contributed by atoms with E-state index in [0.29, 0.717) is 23.1 Å². The summed E-state index contributed by atoms with van der Waals surface area (Å²) in [4.78, 5) is 15.6. The molecule has 0 bridgehead atoms. The number of anilines is 2. The standard InChI is InChI=1S/C10H11N5OS2/c11-9-14-15-10(18-9)17-6-4-8(16)13-7-3-1-2-5-12-7/h1-3,5H,4,6H2,(H2,11,14)(H,12,13,16). The third-order valence-corrected chi connectivity index (χ3v) is 3.80. The van der Waals surface area contributed by atoms with Gasteiger partial charge in [0.2, 0.25) is 11.0 Å². The van der Waals surface area contributed by atoms with Crippen molar-refractivity contribution in [1.29, 1.82) is 0 Å². The van der Waals surface area contributed by atoms with Crippen LogP contribution in [0.1, 0.15) is 6.42 Å². The molecule has 2 heterocycles. The highest BCUT2D eigenvalue weighted by atomic mass is 32.2. The van der Waals surface area contributed by atoms with E-state index in [1.54, 1.807) is 18.3 Å². The summed E-state index contributed by atoms with van der Waals surface area (Å²) in [7, 11) is 0. The van der Waals surface area contributed by atoms with Crippen LogP contribution in [0, 0.1) is 0 Å². The summed E-state index contributed by atoms with van der Waals surface area (Å²) >= 11 is 2.78. The molecule has 94 valence electrons. The molecule has 3 N–H and O–H groups in total. The number of aromatic nitrogens is 3. The summed E-state index contributed by atoms with van der Waals surface area (Å²) in [6, 6.07) is 5.36. The Kier molecular flexibility index (Phi) is 4.48. The number of pyridine rings is 1. The second-order valence-corrected chi connectivity index (χ2v) is 5.62. The summed E-state index contributed by atoms with van der Waals surface area (Å²) in [5, 5.41) is 10.7. The van der Waals surface area contributed by atoms with Crippen molar-refractivity contribution in [1.82, 2.24) is 15.2 Å². The molecule has 18 heavy (non-hydrogen) atoms. The molecule has 0 saturated heterocycles. The van der Waals surface area contributed by atoms with Gasteiger partial charge in [-0.3, -0.25) is 4.79 Å². The molecule has 0 aliphatic carbocycles. The molecule has 0 atom stereocenters. The Labute approximate surface area is 112 Å². The Morgan fingerprint density at radius 1 is 1.44 bits per heavy atom. The van der Waals surface area contributed by atoms with Crippen LogP contribution in [0.2, 0.25) is 0 Å². The first-order valence-corrected chi connectivity index (χ1v) is 6.97. The van der Waals surface area contributed by atoms with Crippen molar-refractivity contribution in [2.45, 2.75) is 10.8 Å². The van der Waals surface area contributed by atoms with Crippen LogP contribution in [-0.4, -0.2) is 26.8 Å². The lowest BCUT2D eigenvalue weighted by molar-refractivity contribution is -0.115. The number of carbonyl (C=O) groups excluding carboxylic acids is 1. The maximum Gasteiger partial charge on any atom is 0.226 e. The number of nitrogen functional groups attached to an aromatic ring is 1. The first-order valence-electron chi connectivity index (χ1n) is 5.17. The van der Waals surface area contributed by atoms with E-state index in [-0.39, 0.29) is 5.91 Å². The van der Waals surface area contributed by atoms with Crippen LogP contribution in [0.5, 0.6) is 0 Å². The van der Waals surface area contributed by atoms with Gasteiger partial charge >= 0.3 is 0 Å². The number of hydrogen-bond acceptors (Lipinski definition) is 7. The van der Waals surface area contributed by atoms with Crippen molar-refractivity contribution >= 4 is 40.0 Å². The van der Waals surface area contributed by atoms with Gasteiger partial charge in [-0.15, -0.1) is 10.2 Å². The molecule has 0 aliphatic rings. The molecule has 2 aromatic heterocycles. The van der Waals surface area contributed by atoms with Crippen molar-refractivity contribution < 1.29 is 4.79 Å². The number of thioether (sulfide) groups is 1. The van der Waals surface area contributed by atoms with Crippen LogP contribution >= 0.6 is 23.1 Å². The fourth-order valence-electron chi connectivity index (χ4n) is 1.15. The molecule has 6 nitrogen and oxygen atoms in total. The largest absolute Gasteiger partial charge is 0.374 e. The smallest absolute Gasteiger partial charge is 0.226 e. The molecule has 8 heteroatoms. The van der Waals surface area contributed by atoms with Gasteiger partial charge in [0.05, 0.1) is 0 Å². The van der Waals surface area contributed by atoms with Crippen molar-refractivity contribution in [3.05, 3.63) is 24.4 Å². The Morgan fingerprint density at radius 3 is 3.00 bits per heavy atom. The lowest BCUT2D eigenvalue weighted by Crippen LogP contribution is -2.12. The van der Waals surface area contributed by atoms with E-state index in [1.807, 2.05) is 6.07 Å². The molecule has 0 spiro atoms. The van der Waals surface area contributed by atoms with E-state index in [9.17, 15) is 4.79 Å². The van der Waals surface area contributed by atoms with Gasteiger partial charge in [-0.2, -0.15) is 0 Å². The van der Waals surface area contributed by atoms with Crippen LogP contribution in [0.15, 0.2) is 28.7 Å². The minimum absolute atomic E-state index is 0.0707. The van der Waals surface area contributed by atoms with Crippen LogP contribution in [0.4, 0.5) is 10.9 Å². The fourth-order valence-corrected chi connectivity index (χ4v) is 2.80. The summed E-state index contributed by atoms with van der Waals surface area (Å²) in [6.07, 6.45) is 2.02. The third-order valence-electron chi connectivity index (χ3n) is 1.91. The molecule has 1 amide bonds. The van der Waals surface area contributed by atoms with Gasteiger partial charge in [-0.25, -0.2) is 4.98 Å². The highest BCUT2D eigenvalue weighted by molar-refractivity contribution is 8.01. The number of nitrogens with two attached hydrogens (primary N) is 1. The molecule has 0 unspecified atom stereocenters. The molecule has 0 radical (unpaired) electrons. The zero-order valence-electron chi connectivity index (χ0n) is 9.37. The molecule has 2 rings (SSSR count). The molecule has 0 saturated carbocycles. The topological polar surface area (TPSA) is 93.8 Å². The van der Waals surface area contributed by atoms with Crippen LogP contribution in [0.25, 0.3) is 0 Å². The van der Waals surface area contributed by atoms with Gasteiger partial charge in [0, 0.05) is 18.4 Å². The minimum atomic E-state index is -0.0707. The SMILES string of the molecule is Nc1nnc(SCCC(=O)Nc2ccccn2)s1. The Hall–Kier alpha value is -1.67. The van der Waals surface area contributed by atoms with Gasteiger partial charge in [0.15, 0.2) is 4.34 Å². The third kappa shape index (κ3) is 3.97. The van der Waals surface area contributed by atoms with E-state index in [4.69, 9.17) is 5.73 Å². The average Bonchev–Trinajstić information content (AvgIpc) is 2.76. The monoisotopic (exact) mass is 281 g/mol. The van der Waals surface area contributed by atoms with Gasteiger partial charge in [-0.1, -0.05) is 29.2 Å². The van der Waals surface area contributed by atoms with E-state index >= 15 is 0 Å². The molecule has 0 fully saturated rings. The quantitative estimate of drug-likeness (QED) is 0.809. The van der Waals surface area contributed by atoms with Crippen molar-refractivity contribution in [3.8, 4) is 0 Å². The highest BCUT2D eigenvalue weighted by Gasteiger charge is 2.05. The second-order valence-electron chi connectivity index (χ2n) is 3.27. The number of amides is 1. The number of nitrogens with zero attached hydrogens (tertiary/aromatic N) is 3. The van der Waals surface area contributed by atoms with Crippen LogP contribution in [0.3, 0.4) is 0 Å². The molecular formula is C10H11N5OS2. The number of nitrogens with one attached hydrogen (secondary N) is 1. The Balaban J connectivity index is 1.72. The van der Waals surface area contributed by atoms with E-state index in [1.165, 1.54) is 23.1 Å². The maximum atomic E-state index is 11.6. The first kappa shape index (κ1) is 12.8. The minimum Gasteiger partial charge on any atom is -0.374 e. The predicted molar refractivity (Wildman–Crippen MR) is 72.5 cm³/mol. The van der Waals surface area contributed by atoms with E-state index in [2.05, 4.69) is 20.5 Å². The fraction of sp³-hybridized carbons (Fsp3) is 0.200. The van der Waals surface area contributed by atoms with Gasteiger partial charge in [0.25, 0.3) is 0 Å². The predicted octanol–water partition coefficient (Wildman–Crippen LogP) is 1.64. The van der Waals surface area contributed by atoms with E-state index < -0.39 is 0 Å². The first-order chi connectivity index (χ1) is 8.74. The van der Waals surface area contributed by atoms with Gasteiger partial charge in [-0.05, 0) is 12.1 Å². The number of rotatable bonds is 5. The molecule has 2 aromatic rings. The van der Waals surface area contributed by atoms with Crippen LogP contribution < -0.4 is 11.1 Å². The number of hydrogen-bond donors (Lipinski definition) is 2. The second kappa shape index (κ2) is 6.31. The summed E-state index contributed by atoms with van der Waals surface area (Å²) in [5.74, 6) is 1.12. The summed E-state index contributed by atoms with van der Waals surface area (Å²) in [6.45, 7) is 0. The lowest BCUT2D eigenvalue weighted by Gasteiger charge is -2.02. The van der Waals surface area contributed by atoms with Crippen molar-refractivity contribution in [3.63, 3.8) is 0 Å². The van der Waals surface area contributed by atoms with E-state index in [0.717, 1.165) is 4.34 Å². The van der Waals surface area contributed by atoms with Gasteiger partial charge < -0.3 is 11.1 Å². The zero-order valence-corrected chi connectivity index (χ0v) is 11.0. The summed E-state index contributed by atoms with van der Waals surface area (Å²) < 4.78 is 0.776. The lowest BCUT2D eigenvalue weighted by atomic mass is 10.4. The molecular weight excluding hydrogens is 270 g/mol.